The van der Waals surface area contributed by atoms with Crippen molar-refractivity contribution < 1.29 is 19.8 Å². The van der Waals surface area contributed by atoms with Crippen LogP contribution in [0.1, 0.15) is 17.9 Å². The fourth-order valence-corrected chi connectivity index (χ4v) is 3.24. The molecule has 158 valence electrons. The molecule has 0 fully saturated rings. The molecule has 0 spiro atoms. The van der Waals surface area contributed by atoms with Gasteiger partial charge in [0.1, 0.15) is 0 Å². The number of hydrogen-bond donors (Lipinski definition) is 6. The second kappa shape index (κ2) is 14.7. The number of rotatable bonds is 8. The molecular weight excluding hydrogens is 420 g/mol. The summed E-state index contributed by atoms with van der Waals surface area (Å²) >= 11 is 3.15. The van der Waals surface area contributed by atoms with Gasteiger partial charge in [0, 0.05) is 42.1 Å². The summed E-state index contributed by atoms with van der Waals surface area (Å²) in [7, 11) is 1.61. The number of aliphatic imine (C=N–C) groups is 2. The number of carbonyl (C=O) groups is 2. The minimum atomic E-state index is -1.26. The van der Waals surface area contributed by atoms with E-state index in [9.17, 15) is 9.59 Å². The van der Waals surface area contributed by atoms with Crippen LogP contribution in [0.2, 0.25) is 0 Å². The van der Waals surface area contributed by atoms with Gasteiger partial charge >= 0.3 is 11.9 Å². The predicted molar refractivity (Wildman–Crippen MR) is 113 cm³/mol. The second-order valence-electron chi connectivity index (χ2n) is 4.85. The topological polar surface area (TPSA) is 212 Å². The first-order chi connectivity index (χ1) is 13.7. The van der Waals surface area contributed by atoms with Gasteiger partial charge in [0.25, 0.3) is 0 Å². The fourth-order valence-electron chi connectivity index (χ4n) is 1.49. The Kier molecular flexibility index (Phi) is 13.0. The number of nitriles is 1. The monoisotopic (exact) mass is 442 g/mol. The number of aliphatic carboxylic acids is 2. The minimum Gasteiger partial charge on any atom is -0.478 e. The van der Waals surface area contributed by atoms with Crippen LogP contribution in [0.3, 0.4) is 0 Å². The highest BCUT2D eigenvalue weighted by Gasteiger charge is 2.10. The highest BCUT2D eigenvalue weighted by atomic mass is 32.2. The molecule has 0 aliphatic carbocycles. The second-order valence-corrected chi connectivity index (χ2v) is 7.14. The summed E-state index contributed by atoms with van der Waals surface area (Å²) in [5.74, 6) is -1.19. The van der Waals surface area contributed by atoms with Crippen molar-refractivity contribution in [1.29, 1.82) is 5.26 Å². The molecule has 0 bridgehead atoms. The fraction of sp³-hybridized carbons (Fsp3) is 0.333. The lowest BCUT2D eigenvalue weighted by atomic mass is 10.4. The van der Waals surface area contributed by atoms with Crippen LogP contribution in [-0.4, -0.2) is 58.4 Å². The summed E-state index contributed by atoms with van der Waals surface area (Å²) in [6.07, 6.45) is 2.94. The smallest absolute Gasteiger partial charge is 0.328 e. The Labute approximate surface area is 175 Å². The van der Waals surface area contributed by atoms with Gasteiger partial charge < -0.3 is 27.0 Å². The Hall–Kier alpha value is -3.31. The van der Waals surface area contributed by atoms with Crippen molar-refractivity contribution in [2.75, 3.05) is 19.3 Å². The van der Waals surface area contributed by atoms with Crippen LogP contribution in [0.4, 0.5) is 5.13 Å². The van der Waals surface area contributed by atoms with Crippen molar-refractivity contribution in [2.24, 2.45) is 21.5 Å². The van der Waals surface area contributed by atoms with E-state index < -0.39 is 11.9 Å². The number of nitrogens with one attached hydrogen (secondary N) is 2. The van der Waals surface area contributed by atoms with Crippen molar-refractivity contribution in [3.8, 4) is 6.19 Å². The Morgan fingerprint density at radius 1 is 1.41 bits per heavy atom. The summed E-state index contributed by atoms with van der Waals surface area (Å²) < 4.78 is 0. The van der Waals surface area contributed by atoms with Crippen molar-refractivity contribution in [3.63, 3.8) is 0 Å². The molecule has 12 nitrogen and oxygen atoms in total. The lowest BCUT2D eigenvalue weighted by Crippen LogP contribution is -2.35. The highest BCUT2D eigenvalue weighted by molar-refractivity contribution is 7.99. The molecular formula is C15H22N8O4S2. The maximum absolute atomic E-state index is 9.55. The van der Waals surface area contributed by atoms with Gasteiger partial charge in [-0.3, -0.25) is 10.3 Å². The molecule has 1 heterocycles. The van der Waals surface area contributed by atoms with Gasteiger partial charge in [0.2, 0.25) is 11.1 Å². The molecule has 0 saturated carbocycles. The van der Waals surface area contributed by atoms with Crippen LogP contribution < -0.4 is 22.1 Å². The summed E-state index contributed by atoms with van der Waals surface area (Å²) in [6, 6.07) is 0. The first kappa shape index (κ1) is 25.7. The normalized spacial score (nSPS) is 11.6. The lowest BCUT2D eigenvalue weighted by Gasteiger charge is -2.10. The molecule has 1 aromatic rings. The van der Waals surface area contributed by atoms with Crippen LogP contribution in [-0.2, 0) is 9.59 Å². The van der Waals surface area contributed by atoms with E-state index in [1.807, 2.05) is 11.6 Å². The Bertz CT molecular complexity index is 780. The molecule has 8 N–H and O–H groups in total. The zero-order valence-corrected chi connectivity index (χ0v) is 17.3. The molecule has 0 amide bonds. The third kappa shape index (κ3) is 13.5. The maximum atomic E-state index is 9.55. The SMILES string of the molecule is CN=C(NC#N)NCCSC(C)c1csc(N=C(N)N)n1.O=C(O)/C=C\C(=O)O. The third-order valence-electron chi connectivity index (χ3n) is 2.68. The Balaban J connectivity index is 0.000000828. The average molecular weight is 443 g/mol. The number of carboxylic acids is 2. The summed E-state index contributed by atoms with van der Waals surface area (Å²) in [5, 5.41) is 32.4. The lowest BCUT2D eigenvalue weighted by molar-refractivity contribution is -0.134. The molecule has 1 aromatic heterocycles. The van der Waals surface area contributed by atoms with Gasteiger partial charge in [0.15, 0.2) is 12.2 Å². The standard InChI is InChI=1S/C11H18N8S2.C4H4O4/c1-7(8-5-21-11(18-8)19-9(13)14)20-4-3-16-10(15-2)17-6-12;5-3(6)1-2-4(7)8/h5,7H,3-4H2,1-2H3,(H2,15,16,17)(H4,13,14,18,19);1-2H,(H,5,6)(H,7,8)/b;2-1-. The first-order valence-corrected chi connectivity index (χ1v) is 9.78. The summed E-state index contributed by atoms with van der Waals surface area (Å²) in [5.41, 5.74) is 11.6. The van der Waals surface area contributed by atoms with E-state index in [2.05, 4.69) is 32.5 Å². The number of hydrogen-bond acceptors (Lipinski definition) is 8. The molecule has 0 aliphatic heterocycles. The van der Waals surface area contributed by atoms with E-state index in [1.54, 1.807) is 18.8 Å². The number of aromatic nitrogens is 1. The average Bonchev–Trinajstić information content (AvgIpc) is 3.10. The van der Waals surface area contributed by atoms with E-state index in [0.29, 0.717) is 29.8 Å². The number of thioether (sulfide) groups is 1. The molecule has 0 saturated heterocycles. The van der Waals surface area contributed by atoms with Gasteiger partial charge in [-0.25, -0.2) is 14.6 Å². The summed E-state index contributed by atoms with van der Waals surface area (Å²) in [4.78, 5) is 31.3. The van der Waals surface area contributed by atoms with Crippen LogP contribution in [0.25, 0.3) is 0 Å². The molecule has 14 heteroatoms. The molecule has 1 unspecified atom stereocenters. The largest absolute Gasteiger partial charge is 0.478 e. The number of thiazole rings is 1. The van der Waals surface area contributed by atoms with Gasteiger partial charge in [0.05, 0.1) is 5.69 Å². The van der Waals surface area contributed by atoms with E-state index in [4.69, 9.17) is 26.9 Å². The van der Waals surface area contributed by atoms with Crippen LogP contribution in [0.15, 0.2) is 27.5 Å². The Morgan fingerprint density at radius 3 is 2.52 bits per heavy atom. The van der Waals surface area contributed by atoms with Gasteiger partial charge in [-0.05, 0) is 6.92 Å². The first-order valence-electron chi connectivity index (χ1n) is 7.85. The molecule has 0 aliphatic rings. The number of guanidine groups is 2. The van der Waals surface area contributed by atoms with E-state index in [0.717, 1.165) is 11.4 Å². The van der Waals surface area contributed by atoms with Gasteiger partial charge in [-0.1, -0.05) is 0 Å². The number of nitrogens with two attached hydrogens (primary N) is 2. The van der Waals surface area contributed by atoms with Crippen molar-refractivity contribution in [1.82, 2.24) is 15.6 Å². The minimum absolute atomic E-state index is 0.0109. The maximum Gasteiger partial charge on any atom is 0.328 e. The quantitative estimate of drug-likeness (QED) is 0.0798. The molecule has 1 rings (SSSR count). The number of carboxylic acid groups (broad SMARTS) is 2. The van der Waals surface area contributed by atoms with Crippen molar-refractivity contribution in [2.45, 2.75) is 12.2 Å². The molecule has 1 atom stereocenters. The zero-order valence-electron chi connectivity index (χ0n) is 15.7. The number of nitrogens with zero attached hydrogens (tertiary/aromatic N) is 4. The van der Waals surface area contributed by atoms with E-state index in [1.165, 1.54) is 11.3 Å². The Morgan fingerprint density at radius 2 is 2.03 bits per heavy atom. The summed E-state index contributed by atoms with van der Waals surface area (Å²) in [6.45, 7) is 2.77. The molecule has 0 radical (unpaired) electrons. The van der Waals surface area contributed by atoms with Gasteiger partial charge in [-0.2, -0.15) is 22.0 Å². The van der Waals surface area contributed by atoms with Crippen molar-refractivity contribution >= 4 is 52.1 Å². The van der Waals surface area contributed by atoms with E-state index >= 15 is 0 Å². The molecule has 29 heavy (non-hydrogen) atoms. The van der Waals surface area contributed by atoms with Crippen LogP contribution in [0, 0.1) is 11.5 Å². The zero-order chi connectivity index (χ0) is 22.2. The molecule has 0 aromatic carbocycles. The van der Waals surface area contributed by atoms with Crippen LogP contribution in [0.5, 0.6) is 0 Å². The van der Waals surface area contributed by atoms with Crippen LogP contribution >= 0.6 is 23.1 Å². The van der Waals surface area contributed by atoms with Crippen molar-refractivity contribution in [3.05, 3.63) is 23.2 Å². The highest BCUT2D eigenvalue weighted by Crippen LogP contribution is 2.31. The third-order valence-corrected chi connectivity index (χ3v) is 4.61. The van der Waals surface area contributed by atoms with E-state index in [-0.39, 0.29) is 11.2 Å². The predicted octanol–water partition coefficient (Wildman–Crippen LogP) is 0.200. The van der Waals surface area contributed by atoms with Gasteiger partial charge in [-0.15, -0.1) is 11.3 Å².